The van der Waals surface area contributed by atoms with E-state index in [4.69, 9.17) is 4.42 Å². The van der Waals surface area contributed by atoms with Crippen LogP contribution >= 0.6 is 0 Å². The Kier molecular flexibility index (Phi) is 5.44. The summed E-state index contributed by atoms with van der Waals surface area (Å²) >= 11 is 0. The van der Waals surface area contributed by atoms with Crippen LogP contribution in [0.25, 0.3) is 33.4 Å². The Bertz CT molecular complexity index is 1760. The van der Waals surface area contributed by atoms with Crippen molar-refractivity contribution in [2.24, 2.45) is 0 Å². The minimum absolute atomic E-state index is 0.336. The number of carboxylic acids is 1. The largest absolute Gasteiger partial charge is 0.497 e. The van der Waals surface area contributed by atoms with Crippen LogP contribution in [-0.4, -0.2) is 35.9 Å². The third-order valence-corrected chi connectivity index (χ3v) is 5.32. The SMILES string of the molecule is O=C(O)c1ccccc1-c1c2cc([N+](=O)[O-])c(=O)c([N+](=O)[O-])c-2oc2c([N+](=O)[O-])c(O)c([N+](=O)[O-])cc12. The summed E-state index contributed by atoms with van der Waals surface area (Å²) in [5, 5.41) is 65.9. The molecule has 186 valence electrons. The van der Waals surface area contributed by atoms with Gasteiger partial charge < -0.3 is 14.6 Å². The maximum atomic E-state index is 12.5. The summed E-state index contributed by atoms with van der Waals surface area (Å²) in [5.41, 5.74) is -10.1. The van der Waals surface area contributed by atoms with Crippen molar-refractivity contribution in [2.75, 3.05) is 0 Å². The molecule has 0 saturated heterocycles. The highest BCUT2D eigenvalue weighted by molar-refractivity contribution is 6.11. The first-order valence-electron chi connectivity index (χ1n) is 9.60. The highest BCUT2D eigenvalue weighted by atomic mass is 16.6. The first-order chi connectivity index (χ1) is 17.4. The van der Waals surface area contributed by atoms with E-state index in [0.717, 1.165) is 12.1 Å². The maximum absolute atomic E-state index is 12.5. The van der Waals surface area contributed by atoms with E-state index in [9.17, 15) is 60.3 Å². The number of nitrogens with zero attached hydrogens (tertiary/aromatic N) is 4. The topological polar surface area (TPSA) is 260 Å². The molecule has 0 saturated carbocycles. The van der Waals surface area contributed by atoms with Crippen molar-refractivity contribution in [1.29, 1.82) is 0 Å². The second kappa shape index (κ2) is 8.34. The number of fused-ring (bicyclic) bond motifs is 2. The number of carbonyl (C=O) groups is 1. The summed E-state index contributed by atoms with van der Waals surface area (Å²) in [6.07, 6.45) is 0. The van der Waals surface area contributed by atoms with Crippen LogP contribution in [-0.2, 0) is 0 Å². The molecule has 4 rings (SSSR count). The lowest BCUT2D eigenvalue weighted by molar-refractivity contribution is -0.396. The number of aromatic hydroxyl groups is 1. The summed E-state index contributed by atoms with van der Waals surface area (Å²) in [4.78, 5) is 66.0. The van der Waals surface area contributed by atoms with Gasteiger partial charge in [-0.15, -0.1) is 0 Å². The predicted molar refractivity (Wildman–Crippen MR) is 120 cm³/mol. The molecule has 0 unspecified atom stereocenters. The average Bonchev–Trinajstić information content (AvgIpc) is 2.81. The first-order valence-corrected chi connectivity index (χ1v) is 9.60. The van der Waals surface area contributed by atoms with Gasteiger partial charge in [-0.05, 0) is 11.6 Å². The van der Waals surface area contributed by atoms with Crippen molar-refractivity contribution < 1.29 is 39.1 Å². The third-order valence-electron chi connectivity index (χ3n) is 5.32. The van der Waals surface area contributed by atoms with Gasteiger partial charge in [0, 0.05) is 28.6 Å². The van der Waals surface area contributed by atoms with Gasteiger partial charge in [-0.3, -0.25) is 45.3 Å². The number of phenolic OH excluding ortho intramolecular Hbond substituents is 1. The summed E-state index contributed by atoms with van der Waals surface area (Å²) < 4.78 is 5.29. The molecule has 2 aromatic rings. The molecule has 0 fully saturated rings. The van der Waals surface area contributed by atoms with Crippen molar-refractivity contribution in [3.05, 3.63) is 92.6 Å². The van der Waals surface area contributed by atoms with E-state index in [-0.39, 0.29) is 5.56 Å². The zero-order valence-electron chi connectivity index (χ0n) is 17.6. The minimum Gasteiger partial charge on any atom is -0.497 e. The Hall–Kier alpha value is -6.00. The fourth-order valence-corrected chi connectivity index (χ4v) is 3.86. The van der Waals surface area contributed by atoms with Crippen molar-refractivity contribution in [2.45, 2.75) is 0 Å². The number of carboxylic acid groups (broad SMARTS) is 1. The quantitative estimate of drug-likeness (QED) is 0.213. The summed E-state index contributed by atoms with van der Waals surface area (Å²) in [6, 6.07) is 5.88. The molecule has 0 spiro atoms. The zero-order valence-corrected chi connectivity index (χ0v) is 17.6. The van der Waals surface area contributed by atoms with Gasteiger partial charge in [-0.2, -0.15) is 0 Å². The molecule has 2 N–H and O–H groups in total. The van der Waals surface area contributed by atoms with E-state index in [1.54, 1.807) is 0 Å². The number of non-ortho nitro benzene ring substituents is 1. The van der Waals surface area contributed by atoms with Gasteiger partial charge in [0.25, 0.3) is 5.75 Å². The lowest BCUT2D eigenvalue weighted by Gasteiger charge is -2.16. The Balaban J connectivity index is 2.47. The van der Waals surface area contributed by atoms with Gasteiger partial charge in [0.05, 0.1) is 25.3 Å². The van der Waals surface area contributed by atoms with E-state index in [2.05, 4.69) is 0 Å². The first kappa shape index (κ1) is 24.1. The Morgan fingerprint density at radius 3 is 1.95 bits per heavy atom. The number of hydrogen-bond donors (Lipinski definition) is 2. The summed E-state index contributed by atoms with van der Waals surface area (Å²) in [5.74, 6) is -4.08. The molecule has 0 aromatic heterocycles. The van der Waals surface area contributed by atoms with Crippen molar-refractivity contribution >= 4 is 39.7 Å². The second-order valence-electron chi connectivity index (χ2n) is 7.28. The van der Waals surface area contributed by atoms with Crippen molar-refractivity contribution in [3.63, 3.8) is 0 Å². The summed E-state index contributed by atoms with van der Waals surface area (Å²) in [6.45, 7) is 0. The molecule has 1 aliphatic carbocycles. The van der Waals surface area contributed by atoms with Gasteiger partial charge in [-0.1, -0.05) is 18.2 Å². The zero-order chi connectivity index (χ0) is 27.3. The van der Waals surface area contributed by atoms with Gasteiger partial charge >= 0.3 is 34.1 Å². The van der Waals surface area contributed by atoms with E-state index >= 15 is 0 Å². The molecule has 0 amide bonds. The smallest absolute Gasteiger partial charge is 0.366 e. The molecule has 37 heavy (non-hydrogen) atoms. The van der Waals surface area contributed by atoms with E-state index in [0.29, 0.717) is 12.1 Å². The van der Waals surface area contributed by atoms with Gasteiger partial charge in [0.2, 0.25) is 11.3 Å². The van der Waals surface area contributed by atoms with Crippen LogP contribution in [0.5, 0.6) is 5.75 Å². The third kappa shape index (κ3) is 3.58. The van der Waals surface area contributed by atoms with Crippen LogP contribution in [0.1, 0.15) is 10.4 Å². The van der Waals surface area contributed by atoms with Crippen LogP contribution in [0.4, 0.5) is 22.7 Å². The molecule has 2 aliphatic rings. The van der Waals surface area contributed by atoms with Gasteiger partial charge in [0.15, 0.2) is 0 Å². The van der Waals surface area contributed by atoms with E-state index < -0.39 is 93.0 Å². The molecular weight excluding hydrogens is 504 g/mol. The van der Waals surface area contributed by atoms with Crippen LogP contribution in [0.3, 0.4) is 0 Å². The van der Waals surface area contributed by atoms with Crippen molar-refractivity contribution in [3.8, 4) is 28.2 Å². The van der Waals surface area contributed by atoms with Crippen LogP contribution in [0.2, 0.25) is 0 Å². The predicted octanol–water partition coefficient (Wildman–Crippen LogP) is 3.60. The Morgan fingerprint density at radius 1 is 0.811 bits per heavy atom. The highest BCUT2D eigenvalue weighted by Gasteiger charge is 2.39. The summed E-state index contributed by atoms with van der Waals surface area (Å²) in [7, 11) is 0. The maximum Gasteiger partial charge on any atom is 0.366 e. The molecule has 0 atom stereocenters. The molecule has 1 aliphatic heterocycles. The highest BCUT2D eigenvalue weighted by Crippen LogP contribution is 2.51. The lowest BCUT2D eigenvalue weighted by atomic mass is 9.89. The Labute approximate surface area is 200 Å². The van der Waals surface area contributed by atoms with Crippen LogP contribution in [0.15, 0.2) is 45.6 Å². The van der Waals surface area contributed by atoms with Crippen LogP contribution < -0.4 is 5.43 Å². The molecular formula is C20H8N4O13. The number of hydrogen-bond acceptors (Lipinski definition) is 12. The minimum atomic E-state index is -1.73. The normalized spacial score (nSPS) is 10.9. The van der Waals surface area contributed by atoms with Gasteiger partial charge in [0.1, 0.15) is 0 Å². The molecule has 0 bridgehead atoms. The van der Waals surface area contributed by atoms with Crippen molar-refractivity contribution in [1.82, 2.24) is 0 Å². The monoisotopic (exact) mass is 512 g/mol. The van der Waals surface area contributed by atoms with Crippen LogP contribution in [0, 0.1) is 40.5 Å². The van der Waals surface area contributed by atoms with E-state index in [1.165, 1.54) is 12.1 Å². The fourth-order valence-electron chi connectivity index (χ4n) is 3.86. The lowest BCUT2D eigenvalue weighted by Crippen LogP contribution is -2.15. The fraction of sp³-hybridized carbons (Fsp3) is 0. The molecule has 0 radical (unpaired) electrons. The standard InChI is InChI=1S/C20H8N4O13/c25-16-11(21(29)30)5-9-13(7-3-1-2-4-8(7)20(27)28)10-6-12(22(31)32)17(26)15(24(35)36)19(10)37-18(9)14(16)23(33)34/h1-6,25H,(H,27,28). The molecule has 17 heteroatoms. The number of benzene rings is 3. The Morgan fingerprint density at radius 2 is 1.41 bits per heavy atom. The number of aromatic carboxylic acids is 1. The number of phenols is 1. The molecule has 17 nitrogen and oxygen atoms in total. The number of rotatable bonds is 6. The van der Waals surface area contributed by atoms with Gasteiger partial charge in [-0.25, -0.2) is 4.79 Å². The van der Waals surface area contributed by atoms with E-state index in [1.807, 2.05) is 0 Å². The average molecular weight is 512 g/mol. The molecule has 1 heterocycles. The number of nitro benzene ring substituents is 4. The molecule has 2 aromatic carbocycles. The second-order valence-corrected chi connectivity index (χ2v) is 7.28. The number of nitro groups is 4.